The highest BCUT2D eigenvalue weighted by molar-refractivity contribution is 9.09. The number of para-hydroxylation sites is 1. The maximum absolute atomic E-state index is 11.2. The van der Waals surface area contributed by atoms with Crippen LogP contribution in [0.2, 0.25) is 0 Å². The number of nitrogens with zero attached hydrogens (tertiary/aromatic N) is 1. The number of alkyl halides is 1. The highest BCUT2D eigenvalue weighted by atomic mass is 79.9. The van der Waals surface area contributed by atoms with Crippen LogP contribution >= 0.6 is 15.9 Å². The number of hydrogen-bond acceptors (Lipinski definition) is 2. The highest BCUT2D eigenvalue weighted by Gasteiger charge is 2.06. The van der Waals surface area contributed by atoms with Gasteiger partial charge >= 0.3 is 0 Å². The van der Waals surface area contributed by atoms with E-state index in [0.717, 1.165) is 11.3 Å². The fraction of sp³-hybridized carbons (Fsp3) is 0.417. The summed E-state index contributed by atoms with van der Waals surface area (Å²) >= 11 is 3.13. The van der Waals surface area contributed by atoms with Crippen molar-refractivity contribution in [3.8, 4) is 5.75 Å². The summed E-state index contributed by atoms with van der Waals surface area (Å²) in [6, 6.07) is 7.85. The lowest BCUT2D eigenvalue weighted by Crippen LogP contribution is -2.31. The number of rotatable bonds is 5. The predicted molar refractivity (Wildman–Crippen MR) is 68.1 cm³/mol. The molecule has 3 nitrogen and oxygen atoms in total. The lowest BCUT2D eigenvalue weighted by Gasteiger charge is -2.16. The molecule has 0 aliphatic rings. The second-order valence-electron chi connectivity index (χ2n) is 3.56. The van der Waals surface area contributed by atoms with E-state index < -0.39 is 0 Å². The largest absolute Gasteiger partial charge is 0.491 e. The van der Waals surface area contributed by atoms with Gasteiger partial charge in [-0.2, -0.15) is 0 Å². The number of halogens is 1. The normalized spacial score (nSPS) is 9.94. The summed E-state index contributed by atoms with van der Waals surface area (Å²) in [7, 11) is 1.77. The van der Waals surface area contributed by atoms with E-state index >= 15 is 0 Å². The molecule has 1 aromatic rings. The van der Waals surface area contributed by atoms with Crippen LogP contribution in [0.3, 0.4) is 0 Å². The Bertz CT molecular complexity index is 355. The quantitative estimate of drug-likeness (QED) is 0.777. The van der Waals surface area contributed by atoms with Crippen molar-refractivity contribution in [3.05, 3.63) is 29.8 Å². The summed E-state index contributed by atoms with van der Waals surface area (Å²) < 4.78 is 5.59. The number of benzene rings is 1. The predicted octanol–water partition coefficient (Wildman–Crippen LogP) is 2.23. The molecule has 0 aliphatic heterocycles. The van der Waals surface area contributed by atoms with Gasteiger partial charge in [0.15, 0.2) is 0 Å². The molecule has 0 aromatic heterocycles. The van der Waals surface area contributed by atoms with Crippen LogP contribution in [0.4, 0.5) is 0 Å². The van der Waals surface area contributed by atoms with Gasteiger partial charge in [-0.1, -0.05) is 34.1 Å². The number of hydrogen-bond donors (Lipinski definition) is 0. The Balaban J connectivity index is 2.36. The van der Waals surface area contributed by atoms with E-state index in [2.05, 4.69) is 15.9 Å². The Labute approximate surface area is 105 Å². The third-order valence-corrected chi connectivity index (χ3v) is 2.80. The highest BCUT2D eigenvalue weighted by Crippen LogP contribution is 2.15. The molecule has 0 atom stereocenters. The molecule has 0 aliphatic carbocycles. The summed E-state index contributed by atoms with van der Waals surface area (Å²) in [5, 5.41) is 0.355. The number of carbonyl (C=O) groups excluding carboxylic acids is 1. The van der Waals surface area contributed by atoms with E-state index in [9.17, 15) is 4.79 Å². The van der Waals surface area contributed by atoms with Gasteiger partial charge < -0.3 is 9.64 Å². The molecular formula is C12H16BrNO2. The van der Waals surface area contributed by atoms with E-state index in [-0.39, 0.29) is 5.91 Å². The van der Waals surface area contributed by atoms with Gasteiger partial charge in [0.1, 0.15) is 12.4 Å². The van der Waals surface area contributed by atoms with Crippen LogP contribution in [0.25, 0.3) is 0 Å². The Kier molecular flexibility index (Phi) is 5.32. The van der Waals surface area contributed by atoms with E-state index in [4.69, 9.17) is 4.74 Å². The molecule has 0 spiro atoms. The van der Waals surface area contributed by atoms with Crippen molar-refractivity contribution < 1.29 is 9.53 Å². The van der Waals surface area contributed by atoms with Crippen LogP contribution in [-0.4, -0.2) is 36.3 Å². The first kappa shape index (κ1) is 13.0. The lowest BCUT2D eigenvalue weighted by atomic mass is 10.2. The molecule has 0 unspecified atom stereocenters. The zero-order chi connectivity index (χ0) is 12.0. The average molecular weight is 286 g/mol. The molecule has 16 heavy (non-hydrogen) atoms. The zero-order valence-corrected chi connectivity index (χ0v) is 11.2. The molecule has 1 rings (SSSR count). The molecule has 0 N–H and O–H groups in total. The number of aryl methyl sites for hydroxylation is 1. The van der Waals surface area contributed by atoms with Gasteiger partial charge in [-0.3, -0.25) is 4.79 Å². The molecule has 4 heteroatoms. The van der Waals surface area contributed by atoms with Crippen LogP contribution in [0.15, 0.2) is 24.3 Å². The van der Waals surface area contributed by atoms with Crippen molar-refractivity contribution >= 4 is 21.8 Å². The second kappa shape index (κ2) is 6.53. The summed E-state index contributed by atoms with van der Waals surface area (Å²) in [4.78, 5) is 12.9. The van der Waals surface area contributed by atoms with Crippen molar-refractivity contribution in [2.45, 2.75) is 6.92 Å². The first-order valence-corrected chi connectivity index (χ1v) is 6.25. The van der Waals surface area contributed by atoms with Gasteiger partial charge in [-0.05, 0) is 18.6 Å². The van der Waals surface area contributed by atoms with Crippen molar-refractivity contribution in [1.82, 2.24) is 4.90 Å². The number of ether oxygens (including phenoxy) is 1. The van der Waals surface area contributed by atoms with Crippen molar-refractivity contribution in [3.63, 3.8) is 0 Å². The molecule has 0 saturated heterocycles. The van der Waals surface area contributed by atoms with Gasteiger partial charge in [0.2, 0.25) is 5.91 Å². The van der Waals surface area contributed by atoms with Crippen molar-refractivity contribution in [2.75, 3.05) is 25.5 Å². The maximum atomic E-state index is 11.2. The summed E-state index contributed by atoms with van der Waals surface area (Å²) in [6.07, 6.45) is 0. The summed E-state index contributed by atoms with van der Waals surface area (Å²) in [6.45, 7) is 3.11. The van der Waals surface area contributed by atoms with Crippen molar-refractivity contribution in [1.29, 1.82) is 0 Å². The fourth-order valence-corrected chi connectivity index (χ4v) is 1.67. The van der Waals surface area contributed by atoms with E-state index in [1.165, 1.54) is 0 Å². The first-order valence-electron chi connectivity index (χ1n) is 5.13. The minimum absolute atomic E-state index is 0.0633. The molecular weight excluding hydrogens is 270 g/mol. The summed E-state index contributed by atoms with van der Waals surface area (Å²) in [5.74, 6) is 0.940. The first-order chi connectivity index (χ1) is 7.65. The van der Waals surface area contributed by atoms with E-state index in [1.807, 2.05) is 31.2 Å². The monoisotopic (exact) mass is 285 g/mol. The van der Waals surface area contributed by atoms with E-state index in [0.29, 0.717) is 18.5 Å². The minimum Gasteiger partial charge on any atom is -0.491 e. The molecule has 1 amide bonds. The lowest BCUT2D eigenvalue weighted by molar-refractivity contribution is -0.127. The standard InChI is InChI=1S/C12H16BrNO2/c1-10-5-3-4-6-11(10)16-8-7-14(2)12(15)9-13/h3-6H,7-9H2,1-2H3. The SMILES string of the molecule is Cc1ccccc1OCCN(C)C(=O)CBr. The smallest absolute Gasteiger partial charge is 0.233 e. The Morgan fingerprint density at radius 1 is 1.44 bits per heavy atom. The molecule has 88 valence electrons. The average Bonchev–Trinajstić information content (AvgIpc) is 2.30. The Morgan fingerprint density at radius 3 is 2.75 bits per heavy atom. The van der Waals surface area contributed by atoms with Crippen LogP contribution < -0.4 is 4.74 Å². The fourth-order valence-electron chi connectivity index (χ4n) is 1.24. The second-order valence-corrected chi connectivity index (χ2v) is 4.12. The molecule has 0 radical (unpaired) electrons. The molecule has 0 bridgehead atoms. The van der Waals surface area contributed by atoms with Crippen molar-refractivity contribution in [2.24, 2.45) is 0 Å². The molecule has 0 heterocycles. The molecule has 1 aromatic carbocycles. The van der Waals surface area contributed by atoms with Crippen LogP contribution in [0, 0.1) is 6.92 Å². The minimum atomic E-state index is 0.0633. The van der Waals surface area contributed by atoms with Gasteiger partial charge in [-0.15, -0.1) is 0 Å². The number of amides is 1. The maximum Gasteiger partial charge on any atom is 0.233 e. The number of carbonyl (C=O) groups is 1. The Morgan fingerprint density at radius 2 is 2.12 bits per heavy atom. The van der Waals surface area contributed by atoms with Gasteiger partial charge in [-0.25, -0.2) is 0 Å². The van der Waals surface area contributed by atoms with Gasteiger partial charge in [0.25, 0.3) is 0 Å². The van der Waals surface area contributed by atoms with Crippen LogP contribution in [-0.2, 0) is 4.79 Å². The van der Waals surface area contributed by atoms with E-state index in [1.54, 1.807) is 11.9 Å². The topological polar surface area (TPSA) is 29.5 Å². The number of likely N-dealkylation sites (N-methyl/N-ethyl adjacent to an activating group) is 1. The van der Waals surface area contributed by atoms with Crippen LogP contribution in [0.5, 0.6) is 5.75 Å². The molecule has 0 saturated carbocycles. The van der Waals surface area contributed by atoms with Gasteiger partial charge in [0.05, 0.1) is 11.9 Å². The van der Waals surface area contributed by atoms with Gasteiger partial charge in [0, 0.05) is 7.05 Å². The zero-order valence-electron chi connectivity index (χ0n) is 9.57. The molecule has 0 fully saturated rings. The Hall–Kier alpha value is -1.03. The third-order valence-electron chi connectivity index (χ3n) is 2.32. The summed E-state index contributed by atoms with van der Waals surface area (Å²) in [5.41, 5.74) is 1.11. The van der Waals surface area contributed by atoms with Crippen LogP contribution in [0.1, 0.15) is 5.56 Å². The third kappa shape index (κ3) is 3.85.